The molecule has 0 aliphatic carbocycles. The summed E-state index contributed by atoms with van der Waals surface area (Å²) < 4.78 is 5.54. The molecular weight excluding hydrogens is 348 g/mol. The third kappa shape index (κ3) is 4.26. The monoisotopic (exact) mass is 372 g/mol. The molecule has 0 aromatic heterocycles. The van der Waals surface area contributed by atoms with Gasteiger partial charge in [0.2, 0.25) is 5.91 Å². The number of nitrogens with one attached hydrogen (secondary N) is 1. The highest BCUT2D eigenvalue weighted by Gasteiger charge is 2.35. The number of nitrogens with two attached hydrogens (primary N) is 1. The second-order valence-electron chi connectivity index (χ2n) is 7.01. The summed E-state index contributed by atoms with van der Waals surface area (Å²) in [5.74, 6) is -0.159. The molecule has 2 aromatic carbocycles. The Balaban J connectivity index is 1.72. The summed E-state index contributed by atoms with van der Waals surface area (Å²) in [6, 6.07) is 15.0. The van der Waals surface area contributed by atoms with Crippen molar-refractivity contribution in [1.29, 1.82) is 0 Å². The Morgan fingerprint density at radius 2 is 1.77 bits per heavy atom. The second kappa shape index (κ2) is 8.21. The zero-order valence-electron chi connectivity index (χ0n) is 15.0. The van der Waals surface area contributed by atoms with Crippen LogP contribution in [0.15, 0.2) is 48.5 Å². The van der Waals surface area contributed by atoms with Crippen molar-refractivity contribution in [3.8, 4) is 0 Å². The number of aryl methyl sites for hydroxylation is 1. The molecule has 1 unspecified atom stereocenters. The molecule has 1 saturated heterocycles. The van der Waals surface area contributed by atoms with Crippen LogP contribution in [0.5, 0.6) is 0 Å². The predicted molar refractivity (Wildman–Crippen MR) is 104 cm³/mol. The van der Waals surface area contributed by atoms with Crippen molar-refractivity contribution in [2.24, 2.45) is 5.73 Å². The summed E-state index contributed by atoms with van der Waals surface area (Å²) in [6.45, 7) is 3.91. The Bertz CT molecular complexity index is 738. The number of ether oxygens (including phenoxy) is 1. The maximum Gasteiger partial charge on any atom is 0.241 e. The number of carbonyl (C=O) groups excluding carboxylic acids is 1. The maximum absolute atomic E-state index is 12.6. The molecule has 3 rings (SSSR count). The van der Waals surface area contributed by atoms with Gasteiger partial charge in [-0.05, 0) is 43.0 Å². The Kier molecular flexibility index (Phi) is 5.97. The summed E-state index contributed by atoms with van der Waals surface area (Å²) >= 11 is 6.03. The van der Waals surface area contributed by atoms with E-state index in [4.69, 9.17) is 22.1 Å². The Labute approximate surface area is 159 Å². The lowest BCUT2D eigenvalue weighted by Gasteiger charge is -2.38. The Hall–Kier alpha value is -1.88. The summed E-state index contributed by atoms with van der Waals surface area (Å²) in [5.41, 5.74) is 9.14. The van der Waals surface area contributed by atoms with Gasteiger partial charge in [0.1, 0.15) is 6.04 Å². The largest absolute Gasteiger partial charge is 0.381 e. The van der Waals surface area contributed by atoms with Gasteiger partial charge in [-0.2, -0.15) is 0 Å². The molecule has 0 saturated carbocycles. The van der Waals surface area contributed by atoms with E-state index in [2.05, 4.69) is 5.32 Å². The number of hydrogen-bond donors (Lipinski definition) is 2. The fourth-order valence-corrected chi connectivity index (χ4v) is 3.55. The lowest BCUT2D eigenvalue weighted by molar-refractivity contribution is -0.123. The summed E-state index contributed by atoms with van der Waals surface area (Å²) in [7, 11) is 0. The molecule has 0 spiro atoms. The van der Waals surface area contributed by atoms with Gasteiger partial charge >= 0.3 is 0 Å². The molecule has 138 valence electrons. The van der Waals surface area contributed by atoms with Gasteiger partial charge in [-0.1, -0.05) is 53.6 Å². The molecule has 1 aliphatic rings. The summed E-state index contributed by atoms with van der Waals surface area (Å²) in [4.78, 5) is 12.6. The van der Waals surface area contributed by atoms with E-state index in [1.165, 1.54) is 5.56 Å². The second-order valence-corrected chi connectivity index (χ2v) is 7.44. The van der Waals surface area contributed by atoms with E-state index in [-0.39, 0.29) is 11.3 Å². The maximum atomic E-state index is 12.6. The van der Waals surface area contributed by atoms with Crippen molar-refractivity contribution in [3.63, 3.8) is 0 Å². The van der Waals surface area contributed by atoms with Crippen LogP contribution in [0.2, 0.25) is 5.02 Å². The van der Waals surface area contributed by atoms with Crippen LogP contribution in [0.1, 0.15) is 35.6 Å². The minimum atomic E-state index is -0.669. The SMILES string of the molecule is Cc1ccc(C(N)C(=O)NCC2(c3ccc(Cl)cc3)CCOCC2)cc1. The fraction of sp³-hybridized carbons (Fsp3) is 0.381. The van der Waals surface area contributed by atoms with E-state index in [0.29, 0.717) is 24.8 Å². The first-order valence-corrected chi connectivity index (χ1v) is 9.32. The summed E-state index contributed by atoms with van der Waals surface area (Å²) in [6.07, 6.45) is 1.71. The Morgan fingerprint density at radius 1 is 1.15 bits per heavy atom. The molecule has 1 heterocycles. The van der Waals surface area contributed by atoms with Gasteiger partial charge in [0, 0.05) is 30.2 Å². The number of benzene rings is 2. The Morgan fingerprint density at radius 3 is 2.38 bits per heavy atom. The third-order valence-corrected chi connectivity index (χ3v) is 5.48. The number of carbonyl (C=O) groups is 1. The van der Waals surface area contributed by atoms with Crippen molar-refractivity contribution in [2.75, 3.05) is 19.8 Å². The van der Waals surface area contributed by atoms with Crippen LogP contribution in [0.4, 0.5) is 0 Å². The van der Waals surface area contributed by atoms with E-state index < -0.39 is 6.04 Å². The number of amides is 1. The minimum Gasteiger partial charge on any atom is -0.381 e. The van der Waals surface area contributed by atoms with Crippen molar-refractivity contribution in [1.82, 2.24) is 5.32 Å². The molecule has 5 heteroatoms. The highest BCUT2D eigenvalue weighted by atomic mass is 35.5. The standard InChI is InChI=1S/C21H25ClN2O2/c1-15-2-4-16(5-3-15)19(23)20(25)24-14-21(10-12-26-13-11-21)17-6-8-18(22)9-7-17/h2-9,19H,10-14,23H2,1H3,(H,24,25). The van der Waals surface area contributed by atoms with Gasteiger partial charge in [-0.3, -0.25) is 4.79 Å². The number of halogens is 1. The smallest absolute Gasteiger partial charge is 0.241 e. The van der Waals surface area contributed by atoms with E-state index in [9.17, 15) is 4.79 Å². The molecule has 26 heavy (non-hydrogen) atoms. The van der Waals surface area contributed by atoms with E-state index >= 15 is 0 Å². The third-order valence-electron chi connectivity index (χ3n) is 5.23. The topological polar surface area (TPSA) is 64.4 Å². The van der Waals surface area contributed by atoms with Crippen molar-refractivity contribution >= 4 is 17.5 Å². The van der Waals surface area contributed by atoms with Gasteiger partial charge in [-0.25, -0.2) is 0 Å². The van der Waals surface area contributed by atoms with Crippen LogP contribution in [0.3, 0.4) is 0 Å². The van der Waals surface area contributed by atoms with Crippen molar-refractivity contribution < 1.29 is 9.53 Å². The molecule has 1 atom stereocenters. The van der Waals surface area contributed by atoms with E-state index in [0.717, 1.165) is 24.0 Å². The predicted octanol–water partition coefficient (Wildman–Crippen LogP) is 3.51. The van der Waals surface area contributed by atoms with Crippen molar-refractivity contribution in [2.45, 2.75) is 31.2 Å². The van der Waals surface area contributed by atoms with Gasteiger partial charge in [0.05, 0.1) is 0 Å². The lowest BCUT2D eigenvalue weighted by atomic mass is 9.74. The van der Waals surface area contributed by atoms with Crippen LogP contribution in [0.25, 0.3) is 0 Å². The van der Waals surface area contributed by atoms with Gasteiger partial charge < -0.3 is 15.8 Å². The van der Waals surface area contributed by atoms with Gasteiger partial charge in [-0.15, -0.1) is 0 Å². The first-order chi connectivity index (χ1) is 12.5. The van der Waals surface area contributed by atoms with Crippen LogP contribution >= 0.6 is 11.6 Å². The van der Waals surface area contributed by atoms with E-state index in [1.54, 1.807) is 0 Å². The molecule has 4 nitrogen and oxygen atoms in total. The quantitative estimate of drug-likeness (QED) is 0.844. The van der Waals surface area contributed by atoms with Gasteiger partial charge in [0.25, 0.3) is 0 Å². The molecule has 2 aromatic rings. The normalized spacial score (nSPS) is 17.5. The molecule has 1 amide bonds. The highest BCUT2D eigenvalue weighted by molar-refractivity contribution is 6.30. The molecule has 1 aliphatic heterocycles. The van der Waals surface area contributed by atoms with Crippen LogP contribution in [-0.4, -0.2) is 25.7 Å². The minimum absolute atomic E-state index is 0.147. The molecule has 0 radical (unpaired) electrons. The molecular formula is C21H25ClN2O2. The zero-order valence-corrected chi connectivity index (χ0v) is 15.8. The molecule has 3 N–H and O–H groups in total. The van der Waals surface area contributed by atoms with Crippen LogP contribution < -0.4 is 11.1 Å². The zero-order chi connectivity index (χ0) is 18.6. The fourth-order valence-electron chi connectivity index (χ4n) is 3.42. The molecule has 0 bridgehead atoms. The van der Waals surface area contributed by atoms with Crippen LogP contribution in [-0.2, 0) is 14.9 Å². The highest BCUT2D eigenvalue weighted by Crippen LogP contribution is 2.35. The first-order valence-electron chi connectivity index (χ1n) is 8.94. The van der Waals surface area contributed by atoms with Crippen molar-refractivity contribution in [3.05, 3.63) is 70.2 Å². The average molecular weight is 373 g/mol. The number of rotatable bonds is 5. The average Bonchev–Trinajstić information content (AvgIpc) is 2.67. The number of hydrogen-bond acceptors (Lipinski definition) is 3. The summed E-state index contributed by atoms with van der Waals surface area (Å²) in [5, 5.41) is 3.78. The first kappa shape index (κ1) is 18.9. The lowest BCUT2D eigenvalue weighted by Crippen LogP contribution is -2.46. The molecule has 1 fully saturated rings. The van der Waals surface area contributed by atoms with E-state index in [1.807, 2.05) is 55.5 Å². The van der Waals surface area contributed by atoms with Gasteiger partial charge in [0.15, 0.2) is 0 Å². The van der Waals surface area contributed by atoms with Crippen LogP contribution in [0, 0.1) is 6.92 Å².